The first-order valence-corrected chi connectivity index (χ1v) is 8.61. The van der Waals surface area contributed by atoms with Crippen molar-refractivity contribution in [2.45, 2.75) is 58.2 Å². The van der Waals surface area contributed by atoms with E-state index in [2.05, 4.69) is 11.5 Å². The second-order valence-electron chi connectivity index (χ2n) is 7.93. The zero-order valence-electron chi connectivity index (χ0n) is 15.5. The van der Waals surface area contributed by atoms with Gasteiger partial charge in [-0.1, -0.05) is 6.08 Å². The topological polar surface area (TPSA) is 59.1 Å². The Hall–Kier alpha value is -1.56. The fourth-order valence-electron chi connectivity index (χ4n) is 3.70. The molecule has 0 aromatic rings. The maximum atomic E-state index is 12.6. The van der Waals surface area contributed by atoms with Crippen LogP contribution in [0.15, 0.2) is 12.7 Å². The second-order valence-corrected chi connectivity index (χ2v) is 7.93. The van der Waals surface area contributed by atoms with E-state index >= 15 is 0 Å². The molecule has 1 aliphatic carbocycles. The van der Waals surface area contributed by atoms with Crippen molar-refractivity contribution in [2.24, 2.45) is 5.41 Å². The third kappa shape index (κ3) is 3.91. The van der Waals surface area contributed by atoms with Crippen LogP contribution in [-0.4, -0.2) is 66.3 Å². The van der Waals surface area contributed by atoms with Crippen molar-refractivity contribution in [2.75, 3.05) is 26.7 Å². The summed E-state index contributed by atoms with van der Waals surface area (Å²) in [5.41, 5.74) is -0.623. The van der Waals surface area contributed by atoms with Crippen LogP contribution in [0.2, 0.25) is 0 Å². The van der Waals surface area contributed by atoms with E-state index in [4.69, 9.17) is 9.47 Å². The molecule has 0 radical (unpaired) electrons. The third-order valence-corrected chi connectivity index (χ3v) is 4.61. The van der Waals surface area contributed by atoms with Crippen molar-refractivity contribution in [1.82, 2.24) is 9.80 Å². The molecular weight excluding hydrogens is 308 g/mol. The van der Waals surface area contributed by atoms with E-state index in [9.17, 15) is 9.59 Å². The smallest absolute Gasteiger partial charge is 0.411 e. The van der Waals surface area contributed by atoms with Crippen molar-refractivity contribution in [3.63, 3.8) is 0 Å². The lowest BCUT2D eigenvalue weighted by Gasteiger charge is -2.29. The highest BCUT2D eigenvalue weighted by Crippen LogP contribution is 2.60. The number of ether oxygens (including phenoxy) is 2. The molecule has 1 amide bonds. The van der Waals surface area contributed by atoms with Crippen LogP contribution in [0.5, 0.6) is 0 Å². The predicted molar refractivity (Wildman–Crippen MR) is 91.6 cm³/mol. The lowest BCUT2D eigenvalue weighted by atomic mass is 9.99. The lowest BCUT2D eigenvalue weighted by molar-refractivity contribution is -0.149. The van der Waals surface area contributed by atoms with E-state index in [0.29, 0.717) is 13.0 Å². The second kappa shape index (κ2) is 6.75. The number of hydrogen-bond donors (Lipinski definition) is 0. The van der Waals surface area contributed by atoms with Gasteiger partial charge >= 0.3 is 12.1 Å². The van der Waals surface area contributed by atoms with Gasteiger partial charge in [0.1, 0.15) is 11.6 Å². The Labute approximate surface area is 144 Å². The number of likely N-dealkylation sites (N-methyl/N-ethyl adjacent to an activating group) is 1. The standard InChI is InChI=1S/C18H30N2O4/c1-7-9-19(6)12-18-10-13(15(21)23-8-2)20(14(18)11-18)16(22)24-17(3,4)5/h7,13-14H,1,8-12H2,2-6H3/t13-,14+,18-/m0/s1. The summed E-state index contributed by atoms with van der Waals surface area (Å²) in [4.78, 5) is 28.8. The number of fused-ring (bicyclic) bond motifs is 1. The maximum absolute atomic E-state index is 12.6. The van der Waals surface area contributed by atoms with Crippen molar-refractivity contribution in [1.29, 1.82) is 0 Å². The number of carbonyl (C=O) groups is 2. The first-order chi connectivity index (χ1) is 11.1. The van der Waals surface area contributed by atoms with E-state index in [-0.39, 0.29) is 17.4 Å². The molecule has 0 unspecified atom stereocenters. The number of piperidine rings is 1. The molecule has 0 aromatic heterocycles. The first kappa shape index (κ1) is 18.8. The zero-order valence-corrected chi connectivity index (χ0v) is 15.5. The molecule has 1 saturated carbocycles. The van der Waals surface area contributed by atoms with Crippen LogP contribution in [0.25, 0.3) is 0 Å². The Balaban J connectivity index is 2.15. The minimum Gasteiger partial charge on any atom is -0.464 e. The predicted octanol–water partition coefficient (Wildman–Crippen LogP) is 2.44. The van der Waals surface area contributed by atoms with Crippen LogP contribution < -0.4 is 0 Å². The van der Waals surface area contributed by atoms with Crippen LogP contribution in [0.3, 0.4) is 0 Å². The van der Waals surface area contributed by atoms with Crippen LogP contribution in [-0.2, 0) is 14.3 Å². The van der Waals surface area contributed by atoms with Gasteiger partial charge in [0.2, 0.25) is 0 Å². The van der Waals surface area contributed by atoms with Gasteiger partial charge in [-0.15, -0.1) is 6.58 Å². The van der Waals surface area contributed by atoms with E-state index in [1.807, 2.05) is 33.9 Å². The number of amides is 1. The Kier molecular flexibility index (Phi) is 5.28. The van der Waals surface area contributed by atoms with Gasteiger partial charge < -0.3 is 14.4 Å². The Morgan fingerprint density at radius 1 is 1.38 bits per heavy atom. The molecule has 0 spiro atoms. The summed E-state index contributed by atoms with van der Waals surface area (Å²) in [6, 6.07) is -0.496. The van der Waals surface area contributed by atoms with Gasteiger partial charge in [-0.3, -0.25) is 4.90 Å². The summed E-state index contributed by atoms with van der Waals surface area (Å²) >= 11 is 0. The molecule has 2 aliphatic rings. The summed E-state index contributed by atoms with van der Waals surface area (Å²) in [5.74, 6) is -0.332. The van der Waals surface area contributed by atoms with Gasteiger partial charge in [0.25, 0.3) is 0 Å². The summed E-state index contributed by atoms with van der Waals surface area (Å²) in [5, 5.41) is 0. The number of carbonyl (C=O) groups excluding carboxylic acids is 2. The van der Waals surface area contributed by atoms with Crippen molar-refractivity contribution < 1.29 is 19.1 Å². The average Bonchev–Trinajstić information content (AvgIpc) is 3.01. The normalized spacial score (nSPS) is 28.5. The largest absolute Gasteiger partial charge is 0.464 e. The van der Waals surface area contributed by atoms with Gasteiger partial charge in [-0.05, 0) is 47.6 Å². The summed E-state index contributed by atoms with van der Waals surface area (Å²) in [7, 11) is 2.03. The molecule has 2 rings (SSSR count). The molecule has 0 bridgehead atoms. The highest BCUT2D eigenvalue weighted by Gasteiger charge is 2.68. The maximum Gasteiger partial charge on any atom is 0.411 e. The molecule has 6 nitrogen and oxygen atoms in total. The molecule has 6 heteroatoms. The zero-order chi connectivity index (χ0) is 18.1. The molecule has 136 valence electrons. The molecule has 1 saturated heterocycles. The minimum atomic E-state index is -0.587. The molecule has 1 heterocycles. The molecule has 2 fully saturated rings. The number of esters is 1. The van der Waals surface area contributed by atoms with Gasteiger partial charge in [0, 0.05) is 24.5 Å². The Bertz CT molecular complexity index is 514. The van der Waals surface area contributed by atoms with Crippen LogP contribution in [0, 0.1) is 5.41 Å². The summed E-state index contributed by atoms with van der Waals surface area (Å²) in [6.45, 7) is 13.0. The first-order valence-electron chi connectivity index (χ1n) is 8.61. The van der Waals surface area contributed by atoms with E-state index < -0.39 is 17.7 Å². The van der Waals surface area contributed by atoms with Crippen molar-refractivity contribution in [3.8, 4) is 0 Å². The van der Waals surface area contributed by atoms with Gasteiger partial charge in [-0.25, -0.2) is 9.59 Å². The summed E-state index contributed by atoms with van der Waals surface area (Å²) in [6.07, 6.45) is 2.98. The Morgan fingerprint density at radius 3 is 2.58 bits per heavy atom. The lowest BCUT2D eigenvalue weighted by Crippen LogP contribution is -2.46. The van der Waals surface area contributed by atoms with Gasteiger partial charge in [0.05, 0.1) is 6.61 Å². The summed E-state index contributed by atoms with van der Waals surface area (Å²) < 4.78 is 10.7. The Morgan fingerprint density at radius 2 is 2.04 bits per heavy atom. The van der Waals surface area contributed by atoms with Gasteiger partial charge in [0.15, 0.2) is 0 Å². The van der Waals surface area contributed by atoms with E-state index in [1.54, 1.807) is 11.8 Å². The molecular formula is C18H30N2O4. The SMILES string of the molecule is C=CCN(C)C[C@@]12C[C@@H](C(=O)OCC)N(C(=O)OC(C)(C)C)[C@@H]1C2. The molecule has 0 aromatic carbocycles. The highest BCUT2D eigenvalue weighted by atomic mass is 16.6. The van der Waals surface area contributed by atoms with E-state index in [0.717, 1.165) is 19.5 Å². The van der Waals surface area contributed by atoms with Crippen molar-refractivity contribution in [3.05, 3.63) is 12.7 Å². The van der Waals surface area contributed by atoms with Gasteiger partial charge in [-0.2, -0.15) is 0 Å². The molecule has 24 heavy (non-hydrogen) atoms. The van der Waals surface area contributed by atoms with Crippen LogP contribution in [0.1, 0.15) is 40.5 Å². The number of hydrogen-bond acceptors (Lipinski definition) is 5. The highest BCUT2D eigenvalue weighted by molar-refractivity contribution is 5.83. The van der Waals surface area contributed by atoms with Crippen LogP contribution in [0.4, 0.5) is 4.79 Å². The van der Waals surface area contributed by atoms with Crippen molar-refractivity contribution >= 4 is 12.1 Å². The molecule has 0 N–H and O–H groups in total. The number of rotatable bonds is 6. The monoisotopic (exact) mass is 338 g/mol. The molecule has 3 atom stereocenters. The fourth-order valence-corrected chi connectivity index (χ4v) is 3.70. The fraction of sp³-hybridized carbons (Fsp3) is 0.778. The number of nitrogens with zero attached hydrogens (tertiary/aromatic N) is 2. The average molecular weight is 338 g/mol. The van der Waals surface area contributed by atoms with Crippen LogP contribution >= 0.6 is 0 Å². The van der Waals surface area contributed by atoms with E-state index in [1.165, 1.54) is 0 Å². The number of likely N-dealkylation sites (tertiary alicyclic amines) is 1. The third-order valence-electron chi connectivity index (χ3n) is 4.61. The molecule has 1 aliphatic heterocycles. The minimum absolute atomic E-state index is 0.0356. The quantitative estimate of drug-likeness (QED) is 0.550.